The van der Waals surface area contributed by atoms with Gasteiger partial charge < -0.3 is 89.9 Å². The van der Waals surface area contributed by atoms with Crippen LogP contribution in [0.4, 0.5) is 0 Å². The van der Waals surface area contributed by atoms with Crippen LogP contribution in [0.25, 0.3) is 0 Å². The third-order valence-corrected chi connectivity index (χ3v) is 13.5. The molecule has 0 aromatic rings. The highest BCUT2D eigenvalue weighted by Gasteiger charge is 2.53. The summed E-state index contributed by atoms with van der Waals surface area (Å²) < 4.78 is 34.2. The molecule has 0 bridgehead atoms. The first-order valence-electron chi connectivity index (χ1n) is 26.7. The summed E-state index contributed by atoms with van der Waals surface area (Å²) >= 11 is 0. The lowest BCUT2D eigenvalue weighted by atomic mass is 9.96. The first kappa shape index (κ1) is 63.3. The number of hydrogen-bond acceptors (Lipinski definition) is 18. The van der Waals surface area contributed by atoms with Crippen molar-refractivity contribution in [1.82, 2.24) is 5.32 Å². The molecule has 17 unspecified atom stereocenters. The lowest BCUT2D eigenvalue weighted by Crippen LogP contribution is -2.66. The van der Waals surface area contributed by atoms with Crippen LogP contribution in [0.3, 0.4) is 0 Å². The van der Waals surface area contributed by atoms with Gasteiger partial charge in [0.15, 0.2) is 18.9 Å². The number of allylic oxidation sites excluding steroid dienone is 6. The Balaban J connectivity index is 1.54. The van der Waals surface area contributed by atoms with Gasteiger partial charge in [0.1, 0.15) is 73.2 Å². The maximum atomic E-state index is 13.2. The van der Waals surface area contributed by atoms with Crippen molar-refractivity contribution in [1.29, 1.82) is 0 Å². The van der Waals surface area contributed by atoms with Crippen LogP contribution < -0.4 is 5.32 Å². The number of rotatable bonds is 37. The van der Waals surface area contributed by atoms with Crippen molar-refractivity contribution in [3.8, 4) is 0 Å². The van der Waals surface area contributed by atoms with Gasteiger partial charge in [-0.2, -0.15) is 0 Å². The number of carbonyl (C=O) groups excluding carboxylic acids is 1. The summed E-state index contributed by atoms with van der Waals surface area (Å²) in [6.45, 7) is 1.61. The lowest BCUT2D eigenvalue weighted by molar-refractivity contribution is -0.379. The molecule has 0 radical (unpaired) electrons. The highest BCUT2D eigenvalue weighted by Crippen LogP contribution is 2.33. The minimum Gasteiger partial charge on any atom is -0.394 e. The van der Waals surface area contributed by atoms with E-state index in [1.54, 1.807) is 0 Å². The van der Waals surface area contributed by atoms with Crippen LogP contribution in [-0.2, 0) is 33.2 Å². The minimum absolute atomic E-state index is 0.246. The fraction of sp³-hybridized carbons (Fsp3) is 0.865. The zero-order valence-corrected chi connectivity index (χ0v) is 42.4. The van der Waals surface area contributed by atoms with Gasteiger partial charge in [-0.3, -0.25) is 4.79 Å². The highest BCUT2D eigenvalue weighted by molar-refractivity contribution is 5.76. The monoisotopic (exact) mass is 1020 g/mol. The van der Waals surface area contributed by atoms with Crippen LogP contribution in [0.1, 0.15) is 155 Å². The molecule has 0 saturated carbocycles. The Hall–Kier alpha value is -1.99. The smallest absolute Gasteiger partial charge is 0.220 e. The molecule has 3 heterocycles. The van der Waals surface area contributed by atoms with Crippen LogP contribution in [0.5, 0.6) is 0 Å². The molecule has 3 aliphatic heterocycles. The third-order valence-electron chi connectivity index (χ3n) is 13.5. The number of nitrogens with one attached hydrogen (secondary N) is 1. The maximum absolute atomic E-state index is 13.2. The van der Waals surface area contributed by atoms with E-state index in [0.717, 1.165) is 77.0 Å². The summed E-state index contributed by atoms with van der Waals surface area (Å²) in [5.74, 6) is -0.264. The van der Waals surface area contributed by atoms with E-state index >= 15 is 0 Å². The summed E-state index contributed by atoms with van der Waals surface area (Å²) in [7, 11) is 0. The van der Waals surface area contributed by atoms with Crippen LogP contribution in [0, 0.1) is 0 Å². The predicted molar refractivity (Wildman–Crippen MR) is 263 cm³/mol. The summed E-state index contributed by atoms with van der Waals surface area (Å²) in [4.78, 5) is 13.2. The van der Waals surface area contributed by atoms with E-state index in [4.69, 9.17) is 28.4 Å². The average Bonchev–Trinajstić information content (AvgIpc) is 3.36. The molecule has 19 nitrogen and oxygen atoms in total. The van der Waals surface area contributed by atoms with E-state index in [0.29, 0.717) is 12.8 Å². The largest absolute Gasteiger partial charge is 0.394 e. The predicted octanol–water partition coefficient (Wildman–Crippen LogP) is 2.59. The van der Waals surface area contributed by atoms with Gasteiger partial charge in [-0.05, 0) is 44.9 Å². The Bertz CT molecular complexity index is 1450. The van der Waals surface area contributed by atoms with Gasteiger partial charge in [-0.15, -0.1) is 0 Å². The van der Waals surface area contributed by atoms with Gasteiger partial charge in [0.05, 0.1) is 38.6 Å². The molecule has 3 fully saturated rings. The summed E-state index contributed by atoms with van der Waals surface area (Å²) in [5.41, 5.74) is 0. The molecule has 3 aliphatic rings. The Morgan fingerprint density at radius 1 is 0.521 bits per heavy atom. The van der Waals surface area contributed by atoms with E-state index in [1.165, 1.54) is 44.9 Å². The second-order valence-electron chi connectivity index (χ2n) is 19.3. The van der Waals surface area contributed by atoms with Crippen LogP contribution in [0.2, 0.25) is 0 Å². The number of aliphatic hydroxyl groups excluding tert-OH is 11. The van der Waals surface area contributed by atoms with Gasteiger partial charge in [0.2, 0.25) is 5.91 Å². The van der Waals surface area contributed by atoms with Crippen molar-refractivity contribution in [2.75, 3.05) is 26.4 Å². The quantitative estimate of drug-likeness (QED) is 0.0314. The van der Waals surface area contributed by atoms with Crippen molar-refractivity contribution in [3.05, 3.63) is 36.5 Å². The first-order chi connectivity index (χ1) is 34.3. The molecule has 0 aliphatic carbocycles. The lowest BCUT2D eigenvalue weighted by Gasteiger charge is -2.48. The molecule has 71 heavy (non-hydrogen) atoms. The number of hydrogen-bond donors (Lipinski definition) is 12. The number of ether oxygens (including phenoxy) is 6. The topological polar surface area (TPSA) is 307 Å². The summed E-state index contributed by atoms with van der Waals surface area (Å²) in [5, 5.41) is 120. The second-order valence-corrected chi connectivity index (χ2v) is 19.3. The first-order valence-corrected chi connectivity index (χ1v) is 26.7. The Morgan fingerprint density at radius 3 is 1.52 bits per heavy atom. The van der Waals surface area contributed by atoms with Crippen LogP contribution in [0.15, 0.2) is 36.5 Å². The molecule has 12 N–H and O–H groups in total. The fourth-order valence-electron chi connectivity index (χ4n) is 9.03. The van der Waals surface area contributed by atoms with Crippen molar-refractivity contribution >= 4 is 5.91 Å². The maximum Gasteiger partial charge on any atom is 0.220 e. The molecule has 3 saturated heterocycles. The van der Waals surface area contributed by atoms with Gasteiger partial charge in [-0.1, -0.05) is 140 Å². The number of carbonyl (C=O) groups is 1. The number of aliphatic hydroxyl groups is 11. The van der Waals surface area contributed by atoms with E-state index in [2.05, 4.69) is 55.6 Å². The van der Waals surface area contributed by atoms with Crippen molar-refractivity contribution in [3.63, 3.8) is 0 Å². The van der Waals surface area contributed by atoms with Crippen molar-refractivity contribution in [2.45, 2.75) is 259 Å². The molecular weight excluding hydrogens is 927 g/mol. The SMILES string of the molecule is CC/C=C\C/C=C\C/C=C\CCCCCCCC(=O)NC(COC1OC(CO)C(OC2OC(CO)C(OC3OC(CO)C(O)C(O)C3O)C(O)C2O)C(O)C1O)C(O)CCCCCCCCCCCCC. The zero-order chi connectivity index (χ0) is 52.0. The zero-order valence-electron chi connectivity index (χ0n) is 42.4. The van der Waals surface area contributed by atoms with E-state index in [1.807, 2.05) is 0 Å². The van der Waals surface area contributed by atoms with E-state index in [9.17, 15) is 61.0 Å². The molecule has 19 heteroatoms. The normalized spacial score (nSPS) is 32.5. The van der Waals surface area contributed by atoms with Gasteiger partial charge in [0.25, 0.3) is 0 Å². The average molecular weight is 1020 g/mol. The molecule has 414 valence electrons. The molecule has 0 aromatic heterocycles. The molecular formula is C52H93NO18. The Morgan fingerprint density at radius 2 is 0.972 bits per heavy atom. The molecule has 17 atom stereocenters. The van der Waals surface area contributed by atoms with Gasteiger partial charge >= 0.3 is 0 Å². The minimum atomic E-state index is -1.97. The van der Waals surface area contributed by atoms with Gasteiger partial charge in [0, 0.05) is 6.42 Å². The standard InChI is InChI=1S/C52H93NO18/c1-3-5-7-9-11-13-15-16-17-18-20-22-24-26-28-30-40(58)53-35(36(57)29-27-25-23-21-19-14-12-10-8-6-4-2)34-66-50-46(64)43(61)48(38(32-55)68-50)71-52-47(65)44(62)49(39(33-56)69-52)70-51-45(63)42(60)41(59)37(31-54)67-51/h5,7,11,13,16-17,35-39,41-52,54-57,59-65H,3-4,6,8-10,12,14-15,18-34H2,1-2H3,(H,53,58)/b7-5-,13-11-,17-16-. The number of unbranched alkanes of at least 4 members (excludes halogenated alkanes) is 15. The number of amides is 1. The molecule has 0 aromatic carbocycles. The van der Waals surface area contributed by atoms with E-state index < -0.39 is 124 Å². The van der Waals surface area contributed by atoms with Crippen molar-refractivity contribution < 1.29 is 89.4 Å². The highest BCUT2D eigenvalue weighted by atomic mass is 16.8. The molecule has 1 amide bonds. The molecule has 0 spiro atoms. The van der Waals surface area contributed by atoms with Crippen LogP contribution >= 0.6 is 0 Å². The fourth-order valence-corrected chi connectivity index (χ4v) is 9.03. The Labute approximate surface area is 421 Å². The summed E-state index contributed by atoms with van der Waals surface area (Å²) in [6, 6.07) is -0.893. The third kappa shape index (κ3) is 22.4. The summed E-state index contributed by atoms with van der Waals surface area (Å²) in [6.07, 6.45) is 8.21. The molecule has 3 rings (SSSR count). The Kier molecular flexibility index (Phi) is 32.9. The second kappa shape index (κ2) is 36.9. The van der Waals surface area contributed by atoms with Crippen molar-refractivity contribution in [2.24, 2.45) is 0 Å². The van der Waals surface area contributed by atoms with Gasteiger partial charge in [-0.25, -0.2) is 0 Å². The van der Waals surface area contributed by atoms with E-state index in [-0.39, 0.29) is 18.9 Å². The van der Waals surface area contributed by atoms with Crippen LogP contribution in [-0.4, -0.2) is 193 Å².